The molecule has 1 aromatic heterocycles. The fourth-order valence-electron chi connectivity index (χ4n) is 1.16. The number of anilines is 1. The van der Waals surface area contributed by atoms with E-state index in [0.717, 1.165) is 11.3 Å². The lowest BCUT2D eigenvalue weighted by Crippen LogP contribution is -2.29. The maximum absolute atomic E-state index is 11.4. The van der Waals surface area contributed by atoms with Crippen LogP contribution in [0.25, 0.3) is 0 Å². The van der Waals surface area contributed by atoms with Crippen molar-refractivity contribution in [1.82, 2.24) is 5.32 Å². The van der Waals surface area contributed by atoms with Crippen molar-refractivity contribution in [3.05, 3.63) is 17.0 Å². The number of thiophene rings is 1. The second-order valence-corrected chi connectivity index (χ2v) is 4.20. The number of carbonyl (C=O) groups is 2. The second kappa shape index (κ2) is 6.87. The highest BCUT2D eigenvalue weighted by atomic mass is 32.1. The summed E-state index contributed by atoms with van der Waals surface area (Å²) in [7, 11) is 0. The zero-order valence-electron chi connectivity index (χ0n) is 9.10. The Balaban J connectivity index is 2.40. The van der Waals surface area contributed by atoms with E-state index in [2.05, 4.69) is 10.6 Å². The first-order valence-corrected chi connectivity index (χ1v) is 5.99. The zero-order chi connectivity index (χ0) is 12.7. The highest BCUT2D eigenvalue weighted by Crippen LogP contribution is 2.22. The van der Waals surface area contributed by atoms with Crippen LogP contribution in [-0.4, -0.2) is 35.4 Å². The lowest BCUT2D eigenvalue weighted by atomic mass is 10.3. The Morgan fingerprint density at radius 3 is 2.76 bits per heavy atom. The summed E-state index contributed by atoms with van der Waals surface area (Å²) in [5.74, 6) is -1.07. The minimum absolute atomic E-state index is 0.0838. The third kappa shape index (κ3) is 4.41. The first-order chi connectivity index (χ1) is 8.15. The average molecular weight is 258 g/mol. The van der Waals surface area contributed by atoms with E-state index in [9.17, 15) is 9.59 Å². The van der Waals surface area contributed by atoms with Crippen LogP contribution in [0.2, 0.25) is 0 Å². The number of aromatic carboxylic acids is 1. The van der Waals surface area contributed by atoms with Gasteiger partial charge in [0.2, 0.25) is 0 Å². The molecular formula is C10H14N2O4S. The van der Waals surface area contributed by atoms with E-state index in [-0.39, 0.29) is 12.2 Å². The number of carbonyl (C=O) groups excluding carboxylic acids is 1. The van der Waals surface area contributed by atoms with Crippen LogP contribution in [0.4, 0.5) is 9.80 Å². The summed E-state index contributed by atoms with van der Waals surface area (Å²) in [5, 5.41) is 24.3. The van der Waals surface area contributed by atoms with E-state index in [1.807, 2.05) is 0 Å². The Bertz CT molecular complexity index is 391. The highest BCUT2D eigenvalue weighted by Gasteiger charge is 2.13. The number of carboxylic acid groups (broad SMARTS) is 1. The molecule has 0 saturated heterocycles. The number of hydrogen-bond acceptors (Lipinski definition) is 4. The topological polar surface area (TPSA) is 98.7 Å². The molecule has 0 aromatic carbocycles. The average Bonchev–Trinajstić information content (AvgIpc) is 2.72. The predicted octanol–water partition coefficient (Wildman–Crippen LogP) is 1.34. The van der Waals surface area contributed by atoms with Gasteiger partial charge in [-0.2, -0.15) is 0 Å². The van der Waals surface area contributed by atoms with Crippen LogP contribution in [-0.2, 0) is 0 Å². The maximum Gasteiger partial charge on any atom is 0.338 e. The van der Waals surface area contributed by atoms with E-state index in [4.69, 9.17) is 10.2 Å². The summed E-state index contributed by atoms with van der Waals surface area (Å²) in [6.45, 7) is 0.539. The molecule has 6 nitrogen and oxygen atoms in total. The number of urea groups is 1. The number of unbranched alkanes of at least 4 members (excludes halogenated alkanes) is 1. The van der Waals surface area contributed by atoms with Crippen LogP contribution in [0.15, 0.2) is 11.4 Å². The molecule has 0 aliphatic heterocycles. The molecule has 0 fully saturated rings. The Morgan fingerprint density at radius 2 is 2.12 bits per heavy atom. The third-order valence-electron chi connectivity index (χ3n) is 1.99. The number of aliphatic hydroxyl groups excluding tert-OH is 1. The van der Waals surface area contributed by atoms with Gasteiger partial charge >= 0.3 is 12.0 Å². The van der Waals surface area contributed by atoms with Crippen LogP contribution in [0.3, 0.4) is 0 Å². The van der Waals surface area contributed by atoms with E-state index >= 15 is 0 Å². The van der Waals surface area contributed by atoms with E-state index in [0.29, 0.717) is 24.4 Å². The number of amides is 2. The quantitative estimate of drug-likeness (QED) is 0.579. The molecule has 17 heavy (non-hydrogen) atoms. The summed E-state index contributed by atoms with van der Waals surface area (Å²) in [4.78, 5) is 22.1. The van der Waals surface area contributed by atoms with Gasteiger partial charge in [-0.25, -0.2) is 9.59 Å². The Labute approximate surface area is 102 Å². The predicted molar refractivity (Wildman–Crippen MR) is 64.6 cm³/mol. The number of hydrogen-bond donors (Lipinski definition) is 4. The Kier molecular flexibility index (Phi) is 5.44. The van der Waals surface area contributed by atoms with Gasteiger partial charge in [-0.05, 0) is 24.3 Å². The molecule has 0 aliphatic rings. The van der Waals surface area contributed by atoms with Crippen molar-refractivity contribution in [2.75, 3.05) is 18.5 Å². The van der Waals surface area contributed by atoms with Gasteiger partial charge in [0.25, 0.3) is 0 Å². The fraction of sp³-hybridized carbons (Fsp3) is 0.400. The van der Waals surface area contributed by atoms with Gasteiger partial charge in [0.1, 0.15) is 5.00 Å². The van der Waals surface area contributed by atoms with Crippen molar-refractivity contribution in [1.29, 1.82) is 0 Å². The number of rotatable bonds is 6. The second-order valence-electron chi connectivity index (χ2n) is 3.28. The summed E-state index contributed by atoms with van der Waals surface area (Å²) in [6.07, 6.45) is 1.31. The molecule has 0 radical (unpaired) electrons. The standard InChI is InChI=1S/C10H14N2O4S/c13-5-2-1-4-11-10(16)12-8-7(9(14)15)3-6-17-8/h3,6,13H,1-2,4-5H2,(H,14,15)(H2,11,12,16). The van der Waals surface area contributed by atoms with E-state index in [1.54, 1.807) is 5.38 Å². The molecule has 0 aliphatic carbocycles. The molecule has 4 N–H and O–H groups in total. The fourth-order valence-corrected chi connectivity index (χ4v) is 1.93. The first kappa shape index (κ1) is 13.5. The molecular weight excluding hydrogens is 244 g/mol. The van der Waals surface area contributed by atoms with Gasteiger partial charge < -0.3 is 15.5 Å². The van der Waals surface area contributed by atoms with Crippen molar-refractivity contribution in [2.24, 2.45) is 0 Å². The van der Waals surface area contributed by atoms with Crippen molar-refractivity contribution < 1.29 is 19.8 Å². The molecule has 0 saturated carbocycles. The van der Waals surface area contributed by atoms with Crippen LogP contribution in [0.5, 0.6) is 0 Å². The molecule has 1 rings (SSSR count). The smallest absolute Gasteiger partial charge is 0.338 e. The first-order valence-electron chi connectivity index (χ1n) is 5.11. The van der Waals surface area contributed by atoms with Crippen molar-refractivity contribution >= 4 is 28.3 Å². The number of carboxylic acids is 1. The van der Waals surface area contributed by atoms with Crippen LogP contribution in [0.1, 0.15) is 23.2 Å². The summed E-state index contributed by atoms with van der Waals surface area (Å²) >= 11 is 1.16. The SMILES string of the molecule is O=C(NCCCCO)Nc1sccc1C(=O)O. The van der Waals surface area contributed by atoms with Gasteiger partial charge in [-0.15, -0.1) is 11.3 Å². The van der Waals surface area contributed by atoms with Gasteiger partial charge in [-0.1, -0.05) is 0 Å². The molecule has 0 atom stereocenters. The Hall–Kier alpha value is -1.60. The lowest BCUT2D eigenvalue weighted by Gasteiger charge is -2.06. The highest BCUT2D eigenvalue weighted by molar-refractivity contribution is 7.14. The summed E-state index contributed by atoms with van der Waals surface area (Å²) in [6, 6.07) is 1.00. The van der Waals surface area contributed by atoms with E-state index in [1.165, 1.54) is 6.07 Å². The largest absolute Gasteiger partial charge is 0.478 e. The van der Waals surface area contributed by atoms with Gasteiger partial charge in [-0.3, -0.25) is 5.32 Å². The van der Waals surface area contributed by atoms with Gasteiger partial charge in [0.15, 0.2) is 0 Å². The van der Waals surface area contributed by atoms with Crippen LogP contribution in [0, 0.1) is 0 Å². The summed E-state index contributed by atoms with van der Waals surface area (Å²) < 4.78 is 0. The van der Waals surface area contributed by atoms with Crippen molar-refractivity contribution in [2.45, 2.75) is 12.8 Å². The molecule has 1 aromatic rings. The number of aliphatic hydroxyl groups is 1. The molecule has 2 amide bonds. The Morgan fingerprint density at radius 1 is 1.35 bits per heavy atom. The molecule has 7 heteroatoms. The molecule has 1 heterocycles. The van der Waals surface area contributed by atoms with Crippen LogP contribution >= 0.6 is 11.3 Å². The van der Waals surface area contributed by atoms with Crippen LogP contribution < -0.4 is 10.6 Å². The normalized spacial score (nSPS) is 9.94. The molecule has 94 valence electrons. The minimum Gasteiger partial charge on any atom is -0.478 e. The van der Waals surface area contributed by atoms with Gasteiger partial charge in [0, 0.05) is 13.2 Å². The molecule has 0 bridgehead atoms. The van der Waals surface area contributed by atoms with Gasteiger partial charge in [0.05, 0.1) is 5.56 Å². The van der Waals surface area contributed by atoms with Crippen molar-refractivity contribution in [3.8, 4) is 0 Å². The zero-order valence-corrected chi connectivity index (χ0v) is 9.92. The minimum atomic E-state index is -1.07. The maximum atomic E-state index is 11.4. The van der Waals surface area contributed by atoms with E-state index < -0.39 is 12.0 Å². The lowest BCUT2D eigenvalue weighted by molar-refractivity contribution is 0.0698. The monoisotopic (exact) mass is 258 g/mol. The third-order valence-corrected chi connectivity index (χ3v) is 2.82. The molecule has 0 unspecified atom stereocenters. The van der Waals surface area contributed by atoms with Crippen molar-refractivity contribution in [3.63, 3.8) is 0 Å². The number of nitrogens with one attached hydrogen (secondary N) is 2. The molecule has 0 spiro atoms. The summed E-state index contributed by atoms with van der Waals surface area (Å²) in [5.41, 5.74) is 0.0838.